The molecule has 0 aliphatic heterocycles. The lowest BCUT2D eigenvalue weighted by molar-refractivity contribution is 0.503. The van der Waals surface area contributed by atoms with E-state index in [0.717, 1.165) is 8.81 Å². The van der Waals surface area contributed by atoms with Crippen LogP contribution in [0.1, 0.15) is 62.8 Å². The minimum atomic E-state index is 0.449. The number of rotatable bonds is 9. The van der Waals surface area contributed by atoms with Gasteiger partial charge in [-0.05, 0) is 35.5 Å². The molecule has 18 heavy (non-hydrogen) atoms. The zero-order valence-electron chi connectivity index (χ0n) is 11.3. The van der Waals surface area contributed by atoms with Crippen molar-refractivity contribution in [2.45, 2.75) is 57.9 Å². The van der Waals surface area contributed by atoms with E-state index in [2.05, 4.69) is 34.2 Å². The van der Waals surface area contributed by atoms with E-state index in [1.807, 2.05) is 7.05 Å². The van der Waals surface area contributed by atoms with Crippen molar-refractivity contribution < 1.29 is 0 Å². The first-order valence-electron chi connectivity index (χ1n) is 6.81. The summed E-state index contributed by atoms with van der Waals surface area (Å²) in [5.74, 6) is 0. The van der Waals surface area contributed by atoms with Crippen LogP contribution in [0.15, 0.2) is 10.5 Å². The zero-order chi connectivity index (χ0) is 13.4. The largest absolute Gasteiger partial charge is 0.312 e. The summed E-state index contributed by atoms with van der Waals surface area (Å²) >= 11 is 11.2. The molecule has 0 radical (unpaired) electrons. The predicted molar refractivity (Wildman–Crippen MR) is 86.8 cm³/mol. The minimum absolute atomic E-state index is 0.449. The van der Waals surface area contributed by atoms with E-state index in [9.17, 15) is 0 Å². The van der Waals surface area contributed by atoms with E-state index in [0.29, 0.717) is 6.04 Å². The Balaban J connectivity index is 2.29. The molecule has 1 heterocycles. The second-order valence-electron chi connectivity index (χ2n) is 4.67. The molecule has 0 fully saturated rings. The number of thiophene rings is 1. The lowest BCUT2D eigenvalue weighted by atomic mass is 10.0. The van der Waals surface area contributed by atoms with Gasteiger partial charge in [0.05, 0.1) is 0 Å². The third-order valence-electron chi connectivity index (χ3n) is 3.20. The Morgan fingerprint density at radius 1 is 1.28 bits per heavy atom. The lowest BCUT2D eigenvalue weighted by Gasteiger charge is -2.14. The Bertz CT molecular complexity index is 321. The van der Waals surface area contributed by atoms with Crippen LogP contribution >= 0.6 is 38.9 Å². The highest BCUT2D eigenvalue weighted by Crippen LogP contribution is 2.36. The Kier molecular flexibility index (Phi) is 8.56. The Morgan fingerprint density at radius 3 is 2.50 bits per heavy atom. The van der Waals surface area contributed by atoms with Crippen molar-refractivity contribution in [1.29, 1.82) is 0 Å². The molecule has 4 heteroatoms. The summed E-state index contributed by atoms with van der Waals surface area (Å²) in [6.45, 7) is 2.26. The van der Waals surface area contributed by atoms with Gasteiger partial charge < -0.3 is 5.32 Å². The molecular weight excluding hydrogens is 330 g/mol. The van der Waals surface area contributed by atoms with Crippen LogP contribution < -0.4 is 5.32 Å². The maximum Gasteiger partial charge on any atom is 0.107 e. The van der Waals surface area contributed by atoms with Gasteiger partial charge in [0.15, 0.2) is 0 Å². The quantitative estimate of drug-likeness (QED) is 0.524. The van der Waals surface area contributed by atoms with E-state index in [-0.39, 0.29) is 0 Å². The molecule has 1 rings (SSSR count). The van der Waals surface area contributed by atoms with Gasteiger partial charge in [-0.2, -0.15) is 0 Å². The summed E-state index contributed by atoms with van der Waals surface area (Å²) in [5.41, 5.74) is 0. The molecule has 0 amide bonds. The van der Waals surface area contributed by atoms with Gasteiger partial charge in [-0.15, -0.1) is 11.3 Å². The smallest absolute Gasteiger partial charge is 0.107 e. The summed E-state index contributed by atoms with van der Waals surface area (Å²) in [6.07, 6.45) is 9.30. The monoisotopic (exact) mass is 351 g/mol. The van der Waals surface area contributed by atoms with E-state index >= 15 is 0 Å². The summed E-state index contributed by atoms with van der Waals surface area (Å²) in [7, 11) is 2.03. The third-order valence-corrected chi connectivity index (χ3v) is 5.79. The van der Waals surface area contributed by atoms with Crippen molar-refractivity contribution in [3.05, 3.63) is 19.8 Å². The molecule has 0 bridgehead atoms. The van der Waals surface area contributed by atoms with Crippen molar-refractivity contribution in [2.75, 3.05) is 7.05 Å². The summed E-state index contributed by atoms with van der Waals surface area (Å²) in [4.78, 5) is 1.34. The van der Waals surface area contributed by atoms with E-state index < -0.39 is 0 Å². The van der Waals surface area contributed by atoms with Crippen LogP contribution in [0.5, 0.6) is 0 Å². The standard InChI is InChI=1S/C14H23BrClNS/c1-3-4-5-6-7-8-9-12(17-2)13-10-11(15)14(16)18-13/h10,12,17H,3-9H2,1-2H3. The molecule has 0 aliphatic rings. The van der Waals surface area contributed by atoms with Crippen molar-refractivity contribution in [2.24, 2.45) is 0 Å². The van der Waals surface area contributed by atoms with Gasteiger partial charge in [0, 0.05) is 15.4 Å². The first kappa shape index (κ1) is 16.5. The topological polar surface area (TPSA) is 12.0 Å². The molecule has 1 unspecified atom stereocenters. The average Bonchev–Trinajstić information content (AvgIpc) is 2.69. The second kappa shape index (κ2) is 9.35. The highest BCUT2D eigenvalue weighted by molar-refractivity contribution is 9.10. The minimum Gasteiger partial charge on any atom is -0.312 e. The number of halogens is 2. The Morgan fingerprint density at radius 2 is 1.94 bits per heavy atom. The summed E-state index contributed by atoms with van der Waals surface area (Å²) in [6, 6.07) is 2.59. The fourth-order valence-corrected chi connectivity index (χ4v) is 3.97. The Labute approximate surface area is 128 Å². The molecule has 1 nitrogen and oxygen atoms in total. The fourth-order valence-electron chi connectivity index (χ4n) is 2.09. The maximum atomic E-state index is 6.09. The van der Waals surface area contributed by atoms with Crippen LogP contribution in [-0.4, -0.2) is 7.05 Å². The normalized spacial score (nSPS) is 12.9. The van der Waals surface area contributed by atoms with Crippen molar-refractivity contribution in [3.63, 3.8) is 0 Å². The van der Waals surface area contributed by atoms with Crippen LogP contribution in [0.25, 0.3) is 0 Å². The van der Waals surface area contributed by atoms with Gasteiger partial charge in [-0.25, -0.2) is 0 Å². The van der Waals surface area contributed by atoms with Crippen molar-refractivity contribution in [3.8, 4) is 0 Å². The van der Waals surface area contributed by atoms with Crippen LogP contribution in [0, 0.1) is 0 Å². The molecule has 1 N–H and O–H groups in total. The zero-order valence-corrected chi connectivity index (χ0v) is 14.4. The molecule has 1 aromatic rings. The number of hydrogen-bond acceptors (Lipinski definition) is 2. The number of nitrogens with one attached hydrogen (secondary N) is 1. The van der Waals surface area contributed by atoms with Crippen molar-refractivity contribution in [1.82, 2.24) is 5.32 Å². The molecule has 1 atom stereocenters. The molecule has 0 aromatic carbocycles. The van der Waals surface area contributed by atoms with Gasteiger partial charge in [-0.1, -0.05) is 57.0 Å². The average molecular weight is 353 g/mol. The molecule has 104 valence electrons. The molecule has 0 spiro atoms. The SMILES string of the molecule is CCCCCCCCC(NC)c1cc(Br)c(Cl)s1. The first-order chi connectivity index (χ1) is 8.69. The van der Waals surface area contributed by atoms with Gasteiger partial charge >= 0.3 is 0 Å². The van der Waals surface area contributed by atoms with E-state index in [1.54, 1.807) is 11.3 Å². The van der Waals surface area contributed by atoms with Crippen LogP contribution in [-0.2, 0) is 0 Å². The van der Waals surface area contributed by atoms with E-state index in [1.165, 1.54) is 49.8 Å². The predicted octanol–water partition coefficient (Wildman–Crippen LogP) is 6.18. The highest BCUT2D eigenvalue weighted by Gasteiger charge is 2.13. The van der Waals surface area contributed by atoms with Crippen LogP contribution in [0.2, 0.25) is 4.34 Å². The van der Waals surface area contributed by atoms with Gasteiger partial charge in [-0.3, -0.25) is 0 Å². The van der Waals surface area contributed by atoms with E-state index in [4.69, 9.17) is 11.6 Å². The highest BCUT2D eigenvalue weighted by atomic mass is 79.9. The van der Waals surface area contributed by atoms with Crippen LogP contribution in [0.4, 0.5) is 0 Å². The molecule has 0 saturated carbocycles. The summed E-state index contributed by atoms with van der Waals surface area (Å²) < 4.78 is 1.88. The van der Waals surface area contributed by atoms with Crippen molar-refractivity contribution >= 4 is 38.9 Å². The molecule has 0 aliphatic carbocycles. The van der Waals surface area contributed by atoms with Gasteiger partial charge in [0.25, 0.3) is 0 Å². The maximum absolute atomic E-state index is 6.09. The second-order valence-corrected chi connectivity index (χ2v) is 7.21. The van der Waals surface area contributed by atoms with Gasteiger partial charge in [0.2, 0.25) is 0 Å². The fraction of sp³-hybridized carbons (Fsp3) is 0.714. The molecular formula is C14H23BrClNS. The molecule has 0 saturated heterocycles. The lowest BCUT2D eigenvalue weighted by Crippen LogP contribution is -2.14. The number of unbranched alkanes of at least 4 members (excludes halogenated alkanes) is 5. The first-order valence-corrected chi connectivity index (χ1v) is 8.79. The van der Waals surface area contributed by atoms with Crippen LogP contribution in [0.3, 0.4) is 0 Å². The van der Waals surface area contributed by atoms with Gasteiger partial charge in [0.1, 0.15) is 4.34 Å². The Hall–Kier alpha value is 0.430. The molecule has 1 aromatic heterocycles. The third kappa shape index (κ3) is 5.60. The number of hydrogen-bond donors (Lipinski definition) is 1. The summed E-state index contributed by atoms with van der Waals surface area (Å²) in [5, 5.41) is 3.39.